The molecule has 4 aromatic carbocycles. The van der Waals surface area contributed by atoms with Crippen molar-refractivity contribution in [3.8, 4) is 23.0 Å². The molecule has 0 fully saturated rings. The molecule has 0 aromatic heterocycles. The Morgan fingerprint density at radius 3 is 1.19 bits per heavy atom. The van der Waals surface area contributed by atoms with Crippen LogP contribution in [0, 0.1) is 0 Å². The molecule has 8 nitrogen and oxygen atoms in total. The fourth-order valence-corrected chi connectivity index (χ4v) is 5.67. The second-order valence-corrected chi connectivity index (χ2v) is 13.7. The van der Waals surface area contributed by atoms with Crippen molar-refractivity contribution in [3.63, 3.8) is 0 Å². The number of hydrogen-bond donors (Lipinski definition) is 0. The van der Waals surface area contributed by atoms with E-state index in [1.807, 2.05) is 36.4 Å². The van der Waals surface area contributed by atoms with E-state index in [0.29, 0.717) is 23.0 Å². The van der Waals surface area contributed by atoms with Crippen molar-refractivity contribution in [1.82, 2.24) is 0 Å². The van der Waals surface area contributed by atoms with Gasteiger partial charge in [-0.15, -0.1) is 0 Å². The molecule has 0 aliphatic carbocycles. The summed E-state index contributed by atoms with van der Waals surface area (Å²) in [5.74, 6) is 2.10. The fraction of sp³-hybridized carbons (Fsp3) is 0.333. The van der Waals surface area contributed by atoms with Crippen LogP contribution in [0.5, 0.6) is 23.0 Å². The van der Waals surface area contributed by atoms with Crippen LogP contribution in [0.25, 0.3) is 0 Å². The minimum atomic E-state index is -4.49. The van der Waals surface area contributed by atoms with Gasteiger partial charge in [0.15, 0.2) is 0 Å². The van der Waals surface area contributed by atoms with E-state index in [-0.39, 0.29) is 47.5 Å². The molecular formula is C36H42CaO8S2. The van der Waals surface area contributed by atoms with Gasteiger partial charge >= 0.3 is 37.7 Å². The van der Waals surface area contributed by atoms with Crippen LogP contribution in [0.3, 0.4) is 0 Å². The SMILES string of the molecule is CCCCCCc1ccc(S(=O)(=O)[O-])cc1Oc1ccccc1.CCCCCCc1ccc(S(=O)(=O)[O-])cc1Oc1ccccc1.[Ca+2]. The number of para-hydroxylation sites is 2. The molecule has 0 aliphatic rings. The van der Waals surface area contributed by atoms with Gasteiger partial charge in [0.2, 0.25) is 0 Å². The normalized spacial score (nSPS) is 11.1. The first kappa shape index (κ1) is 40.7. The van der Waals surface area contributed by atoms with Crippen molar-refractivity contribution in [3.05, 3.63) is 108 Å². The zero-order valence-corrected chi connectivity index (χ0v) is 30.9. The van der Waals surface area contributed by atoms with E-state index < -0.39 is 20.2 Å². The van der Waals surface area contributed by atoms with Crippen molar-refractivity contribution in [2.24, 2.45) is 0 Å². The predicted molar refractivity (Wildman–Crippen MR) is 183 cm³/mol. The van der Waals surface area contributed by atoms with E-state index in [0.717, 1.165) is 62.5 Å². The summed E-state index contributed by atoms with van der Waals surface area (Å²) in [4.78, 5) is -0.526. The molecule has 0 bridgehead atoms. The van der Waals surface area contributed by atoms with E-state index in [1.165, 1.54) is 37.1 Å². The van der Waals surface area contributed by atoms with Gasteiger partial charge in [0, 0.05) is 0 Å². The number of rotatable bonds is 16. The number of aryl methyl sites for hydroxylation is 2. The summed E-state index contributed by atoms with van der Waals surface area (Å²) >= 11 is 0. The van der Waals surface area contributed by atoms with E-state index >= 15 is 0 Å². The average molecular weight is 707 g/mol. The maximum absolute atomic E-state index is 11.2. The monoisotopic (exact) mass is 706 g/mol. The summed E-state index contributed by atoms with van der Waals surface area (Å²) in [7, 11) is -8.99. The second kappa shape index (κ2) is 20.8. The minimum absolute atomic E-state index is 0. The Kier molecular flexibility index (Phi) is 18.0. The Morgan fingerprint density at radius 1 is 0.511 bits per heavy atom. The first-order chi connectivity index (χ1) is 22.0. The van der Waals surface area contributed by atoms with Crippen LogP contribution in [0.15, 0.2) is 107 Å². The van der Waals surface area contributed by atoms with Gasteiger partial charge in [-0.1, -0.05) is 101 Å². The van der Waals surface area contributed by atoms with Gasteiger partial charge in [0.25, 0.3) is 0 Å². The molecule has 0 saturated heterocycles. The molecule has 0 radical (unpaired) electrons. The van der Waals surface area contributed by atoms with E-state index in [9.17, 15) is 25.9 Å². The van der Waals surface area contributed by atoms with Crippen LogP contribution in [0.1, 0.15) is 76.3 Å². The molecular weight excluding hydrogens is 665 g/mol. The van der Waals surface area contributed by atoms with Gasteiger partial charge in [-0.3, -0.25) is 0 Å². The van der Waals surface area contributed by atoms with Crippen molar-refractivity contribution in [1.29, 1.82) is 0 Å². The predicted octanol–water partition coefficient (Wildman–Crippen LogP) is 8.63. The standard InChI is InChI=1S/2C18H22O4S.Ca/c2*1-2-3-4-6-9-15-12-13-17(23(19,20)21)14-18(15)22-16-10-7-5-8-11-16;/h2*5,7-8,10-14H,2-4,6,9H2,1H3,(H,19,20,21);/q;;+2/p-2. The zero-order chi connectivity index (χ0) is 33.4. The summed E-state index contributed by atoms with van der Waals surface area (Å²) in [5.41, 5.74) is 1.83. The molecule has 0 heterocycles. The van der Waals surface area contributed by atoms with Crippen molar-refractivity contribution in [2.75, 3.05) is 0 Å². The molecule has 47 heavy (non-hydrogen) atoms. The van der Waals surface area contributed by atoms with Crippen LogP contribution in [0.2, 0.25) is 0 Å². The van der Waals surface area contributed by atoms with Crippen molar-refractivity contribution in [2.45, 2.75) is 87.8 Å². The topological polar surface area (TPSA) is 133 Å². The molecule has 0 aliphatic heterocycles. The van der Waals surface area contributed by atoms with E-state index in [1.54, 1.807) is 36.4 Å². The second-order valence-electron chi connectivity index (χ2n) is 10.9. The molecule has 0 spiro atoms. The van der Waals surface area contributed by atoms with Crippen molar-refractivity contribution >= 4 is 58.0 Å². The third-order valence-electron chi connectivity index (χ3n) is 7.20. The first-order valence-electron chi connectivity index (χ1n) is 15.6. The maximum atomic E-state index is 11.2. The summed E-state index contributed by atoms with van der Waals surface area (Å²) in [5, 5.41) is 0. The molecule has 4 rings (SSSR count). The Labute approximate surface area is 310 Å². The summed E-state index contributed by atoms with van der Waals surface area (Å²) in [6.45, 7) is 4.30. The average Bonchev–Trinajstić information content (AvgIpc) is 3.03. The molecule has 0 atom stereocenters. The van der Waals surface area contributed by atoms with Gasteiger partial charge < -0.3 is 18.6 Å². The van der Waals surface area contributed by atoms with Crippen molar-refractivity contribution < 1.29 is 35.4 Å². The van der Waals surface area contributed by atoms with Crippen LogP contribution >= 0.6 is 0 Å². The summed E-state index contributed by atoms with van der Waals surface area (Å²) in [6.07, 6.45) is 10.5. The zero-order valence-electron chi connectivity index (χ0n) is 27.1. The molecule has 248 valence electrons. The van der Waals surface area contributed by atoms with Gasteiger partial charge in [-0.2, -0.15) is 0 Å². The Morgan fingerprint density at radius 2 is 0.872 bits per heavy atom. The van der Waals surface area contributed by atoms with Crippen LogP contribution in [0.4, 0.5) is 0 Å². The van der Waals surface area contributed by atoms with E-state index in [2.05, 4.69) is 13.8 Å². The molecule has 0 saturated carbocycles. The van der Waals surface area contributed by atoms with Crippen LogP contribution < -0.4 is 9.47 Å². The fourth-order valence-electron chi connectivity index (χ4n) is 4.70. The first-order valence-corrected chi connectivity index (χ1v) is 18.5. The Balaban J connectivity index is 0.000000320. The molecule has 11 heteroatoms. The third-order valence-corrected chi connectivity index (χ3v) is 8.86. The number of hydrogen-bond acceptors (Lipinski definition) is 8. The smallest absolute Gasteiger partial charge is 0.744 e. The van der Waals surface area contributed by atoms with Gasteiger partial charge in [-0.25, -0.2) is 16.8 Å². The molecule has 0 amide bonds. The molecule has 4 aromatic rings. The summed E-state index contributed by atoms with van der Waals surface area (Å²) < 4.78 is 79.0. The van der Waals surface area contributed by atoms with Gasteiger partial charge in [0.1, 0.15) is 43.2 Å². The van der Waals surface area contributed by atoms with Crippen LogP contribution in [-0.2, 0) is 33.1 Å². The number of unbranched alkanes of at least 4 members (excludes halogenated alkanes) is 6. The molecule has 0 N–H and O–H groups in total. The largest absolute Gasteiger partial charge is 2.00 e. The number of ether oxygens (including phenoxy) is 2. The van der Waals surface area contributed by atoms with Crippen LogP contribution in [-0.4, -0.2) is 63.7 Å². The Hall–Kier alpha value is -2.44. The van der Waals surface area contributed by atoms with E-state index in [4.69, 9.17) is 9.47 Å². The summed E-state index contributed by atoms with van der Waals surface area (Å²) in [6, 6.07) is 27.0. The minimum Gasteiger partial charge on any atom is -0.744 e. The third kappa shape index (κ3) is 14.7. The van der Waals surface area contributed by atoms with Gasteiger partial charge in [-0.05, 0) is 85.3 Å². The molecule has 0 unspecified atom stereocenters. The maximum Gasteiger partial charge on any atom is 2.00 e. The quantitative estimate of drug-likeness (QED) is 0.0643. The Bertz CT molecular complexity index is 1580. The number of benzene rings is 4. The van der Waals surface area contributed by atoms with Gasteiger partial charge in [0.05, 0.1) is 9.79 Å².